The molecule has 0 aliphatic carbocycles. The number of halogens is 3. The monoisotopic (exact) mass is 256 g/mol. The molecule has 0 radical (unpaired) electrons. The first-order chi connectivity index (χ1) is 6.50. The Hall–Kier alpha value is -0.840. The fourth-order valence-corrected chi connectivity index (χ4v) is 1.22. The third kappa shape index (κ3) is 2.83. The lowest BCUT2D eigenvalue weighted by molar-refractivity contribution is -0.160. The highest BCUT2D eigenvalue weighted by Crippen LogP contribution is 2.33. The minimum Gasteiger partial charge on any atom is -0.447 e. The lowest BCUT2D eigenvalue weighted by atomic mass is 10.3. The molecular formula is C7H3Cl3O4. The SMILES string of the molecule is O=C(O)OOc1cc(Cl)c(Cl)cc1Cl. The third-order valence-electron chi connectivity index (χ3n) is 1.18. The summed E-state index contributed by atoms with van der Waals surface area (Å²) in [5.41, 5.74) is 0. The first kappa shape index (κ1) is 11.2. The van der Waals surface area contributed by atoms with Gasteiger partial charge in [0.05, 0.1) is 15.1 Å². The van der Waals surface area contributed by atoms with Gasteiger partial charge < -0.3 is 5.11 Å². The molecule has 0 bridgehead atoms. The van der Waals surface area contributed by atoms with Crippen LogP contribution in [-0.4, -0.2) is 11.3 Å². The normalized spacial score (nSPS) is 9.64. The van der Waals surface area contributed by atoms with E-state index in [9.17, 15) is 4.79 Å². The Kier molecular flexibility index (Phi) is 3.69. The topological polar surface area (TPSA) is 55.8 Å². The van der Waals surface area contributed by atoms with Gasteiger partial charge in [-0.05, 0) is 6.07 Å². The maximum atomic E-state index is 9.99. The molecule has 1 N–H and O–H groups in total. The maximum absolute atomic E-state index is 9.99. The quantitative estimate of drug-likeness (QED) is 0.499. The van der Waals surface area contributed by atoms with E-state index in [0.29, 0.717) is 0 Å². The average molecular weight is 257 g/mol. The molecule has 0 unspecified atom stereocenters. The van der Waals surface area contributed by atoms with Crippen molar-refractivity contribution in [3.8, 4) is 5.75 Å². The fraction of sp³-hybridized carbons (Fsp3) is 0. The molecular weight excluding hydrogens is 254 g/mol. The summed E-state index contributed by atoms with van der Waals surface area (Å²) in [6.45, 7) is 0. The zero-order chi connectivity index (χ0) is 10.7. The van der Waals surface area contributed by atoms with Crippen LogP contribution in [-0.2, 0) is 4.89 Å². The molecule has 7 heteroatoms. The molecule has 1 aromatic carbocycles. The summed E-state index contributed by atoms with van der Waals surface area (Å²) in [4.78, 5) is 18.2. The predicted molar refractivity (Wildman–Crippen MR) is 51.2 cm³/mol. The Balaban J connectivity index is 2.87. The third-order valence-corrected chi connectivity index (χ3v) is 2.20. The van der Waals surface area contributed by atoms with Crippen molar-refractivity contribution in [2.24, 2.45) is 0 Å². The van der Waals surface area contributed by atoms with Gasteiger partial charge in [-0.25, -0.2) is 9.68 Å². The average Bonchev–Trinajstić information content (AvgIpc) is 2.09. The minimum atomic E-state index is -1.59. The molecule has 0 aliphatic heterocycles. The van der Waals surface area contributed by atoms with Gasteiger partial charge in [0.1, 0.15) is 0 Å². The molecule has 14 heavy (non-hydrogen) atoms. The molecule has 0 heterocycles. The highest BCUT2D eigenvalue weighted by atomic mass is 35.5. The zero-order valence-corrected chi connectivity index (χ0v) is 8.73. The van der Waals surface area contributed by atoms with Crippen LogP contribution in [0.1, 0.15) is 0 Å². The number of benzene rings is 1. The molecule has 0 saturated heterocycles. The molecule has 0 atom stereocenters. The first-order valence-electron chi connectivity index (χ1n) is 3.22. The summed E-state index contributed by atoms with van der Waals surface area (Å²) in [5.74, 6) is -0.0246. The largest absolute Gasteiger partial charge is 0.547 e. The Morgan fingerprint density at radius 3 is 2.29 bits per heavy atom. The molecule has 4 nitrogen and oxygen atoms in total. The second-order valence-corrected chi connectivity index (χ2v) is 3.35. The fourth-order valence-electron chi connectivity index (χ4n) is 0.649. The van der Waals surface area contributed by atoms with Gasteiger partial charge in [0.15, 0.2) is 5.75 Å². The van der Waals surface area contributed by atoms with E-state index in [2.05, 4.69) is 9.78 Å². The Bertz CT molecular complexity index is 366. The lowest BCUT2D eigenvalue weighted by Gasteiger charge is -2.04. The number of carboxylic acid groups (broad SMARTS) is 1. The summed E-state index contributed by atoms with van der Waals surface area (Å²) in [5, 5.41) is 8.65. The van der Waals surface area contributed by atoms with Crippen LogP contribution < -0.4 is 4.89 Å². The number of hydrogen-bond donors (Lipinski definition) is 1. The van der Waals surface area contributed by atoms with E-state index in [1.54, 1.807) is 0 Å². The molecule has 1 rings (SSSR count). The van der Waals surface area contributed by atoms with Gasteiger partial charge in [0, 0.05) is 6.07 Å². The summed E-state index contributed by atoms with van der Waals surface area (Å²) >= 11 is 16.9. The molecule has 0 aliphatic rings. The van der Waals surface area contributed by atoms with Gasteiger partial charge in [0.2, 0.25) is 0 Å². The van der Waals surface area contributed by atoms with E-state index >= 15 is 0 Å². The molecule has 0 spiro atoms. The Morgan fingerprint density at radius 2 is 1.71 bits per heavy atom. The molecule has 1 aromatic rings. The molecule has 0 aromatic heterocycles. The molecule has 0 amide bonds. The van der Waals surface area contributed by atoms with Crippen LogP contribution >= 0.6 is 34.8 Å². The van der Waals surface area contributed by atoms with Gasteiger partial charge in [-0.15, -0.1) is 0 Å². The molecule has 0 saturated carbocycles. The van der Waals surface area contributed by atoms with Crippen molar-refractivity contribution in [1.82, 2.24) is 0 Å². The van der Waals surface area contributed by atoms with Crippen LogP contribution in [0, 0.1) is 0 Å². The lowest BCUT2D eigenvalue weighted by Crippen LogP contribution is -2.04. The van der Waals surface area contributed by atoms with Crippen molar-refractivity contribution in [2.75, 3.05) is 0 Å². The van der Waals surface area contributed by atoms with E-state index in [1.807, 2.05) is 0 Å². The minimum absolute atomic E-state index is 0.0246. The van der Waals surface area contributed by atoms with Crippen LogP contribution in [0.5, 0.6) is 5.75 Å². The van der Waals surface area contributed by atoms with Crippen LogP contribution in [0.4, 0.5) is 4.79 Å². The Morgan fingerprint density at radius 1 is 1.14 bits per heavy atom. The van der Waals surface area contributed by atoms with Gasteiger partial charge in [-0.3, -0.25) is 4.89 Å². The van der Waals surface area contributed by atoms with Crippen LogP contribution in [0.25, 0.3) is 0 Å². The summed E-state index contributed by atoms with van der Waals surface area (Å²) in [6.07, 6.45) is -1.59. The van der Waals surface area contributed by atoms with Crippen LogP contribution in [0.2, 0.25) is 15.1 Å². The highest BCUT2D eigenvalue weighted by Gasteiger charge is 2.09. The predicted octanol–water partition coefficient (Wildman–Crippen LogP) is 3.64. The molecule has 76 valence electrons. The molecule has 0 fully saturated rings. The standard InChI is InChI=1S/C7H3Cl3O4/c8-3-1-5(10)6(2-4(3)9)13-14-7(11)12/h1-2H,(H,11,12). The maximum Gasteiger partial charge on any atom is 0.547 e. The number of hydrogen-bond acceptors (Lipinski definition) is 3. The summed E-state index contributed by atoms with van der Waals surface area (Å²) in [7, 11) is 0. The van der Waals surface area contributed by atoms with Gasteiger partial charge >= 0.3 is 6.16 Å². The van der Waals surface area contributed by atoms with E-state index in [1.165, 1.54) is 12.1 Å². The Labute approximate surface area is 93.8 Å². The van der Waals surface area contributed by atoms with Gasteiger partial charge in [-0.2, -0.15) is 0 Å². The van der Waals surface area contributed by atoms with E-state index in [0.717, 1.165) is 0 Å². The van der Waals surface area contributed by atoms with E-state index in [4.69, 9.17) is 39.9 Å². The van der Waals surface area contributed by atoms with Crippen molar-refractivity contribution < 1.29 is 19.7 Å². The van der Waals surface area contributed by atoms with Crippen molar-refractivity contribution in [3.63, 3.8) is 0 Å². The van der Waals surface area contributed by atoms with Gasteiger partial charge in [0.25, 0.3) is 0 Å². The summed E-state index contributed by atoms with van der Waals surface area (Å²) in [6, 6.07) is 2.56. The highest BCUT2D eigenvalue weighted by molar-refractivity contribution is 6.43. The van der Waals surface area contributed by atoms with Crippen molar-refractivity contribution in [3.05, 3.63) is 27.2 Å². The second kappa shape index (κ2) is 4.59. The van der Waals surface area contributed by atoms with E-state index < -0.39 is 6.16 Å². The second-order valence-electron chi connectivity index (χ2n) is 2.13. The summed E-state index contributed by atoms with van der Waals surface area (Å²) < 4.78 is 0. The number of carbonyl (C=O) groups is 1. The van der Waals surface area contributed by atoms with Gasteiger partial charge in [-0.1, -0.05) is 34.8 Å². The van der Waals surface area contributed by atoms with Crippen molar-refractivity contribution in [2.45, 2.75) is 0 Å². The van der Waals surface area contributed by atoms with Crippen molar-refractivity contribution in [1.29, 1.82) is 0 Å². The zero-order valence-electron chi connectivity index (χ0n) is 6.46. The van der Waals surface area contributed by atoms with Crippen molar-refractivity contribution >= 4 is 41.0 Å². The number of rotatable bonds is 2. The first-order valence-corrected chi connectivity index (χ1v) is 4.36. The smallest absolute Gasteiger partial charge is 0.447 e. The van der Waals surface area contributed by atoms with Crippen LogP contribution in [0.15, 0.2) is 12.1 Å². The van der Waals surface area contributed by atoms with Crippen LogP contribution in [0.3, 0.4) is 0 Å². The van der Waals surface area contributed by atoms with E-state index in [-0.39, 0.29) is 20.8 Å².